The number of ketones is 1. The number of nitrogens with zero attached hydrogens (tertiary/aromatic N) is 2. The number of hydrogen-bond donors (Lipinski definition) is 1. The van der Waals surface area contributed by atoms with Crippen molar-refractivity contribution in [3.8, 4) is 0 Å². The van der Waals surface area contributed by atoms with E-state index in [1.54, 1.807) is 18.2 Å². The zero-order valence-electron chi connectivity index (χ0n) is 21.1. The van der Waals surface area contributed by atoms with E-state index in [1.165, 1.54) is 47.4 Å². The van der Waals surface area contributed by atoms with Gasteiger partial charge in [0.15, 0.2) is 0 Å². The number of rotatable bonds is 7. The molecule has 1 fully saturated rings. The highest BCUT2D eigenvalue weighted by Gasteiger charge is 2.47. The van der Waals surface area contributed by atoms with Gasteiger partial charge in [-0.2, -0.15) is 0 Å². The largest absolute Gasteiger partial charge is 0.507 e. The third-order valence-electron chi connectivity index (χ3n) is 6.06. The molecule has 1 atom stereocenters. The quantitative estimate of drug-likeness (QED) is 0.113. The lowest BCUT2D eigenvalue weighted by Gasteiger charge is -2.26. The summed E-state index contributed by atoms with van der Waals surface area (Å²) in [6.07, 6.45) is 0. The molecule has 1 N–H and O–H groups in total. The number of carbonyl (C=O) groups is 3. The van der Waals surface area contributed by atoms with Crippen LogP contribution in [0.4, 0.5) is 11.4 Å². The summed E-state index contributed by atoms with van der Waals surface area (Å²) in [7, 11) is 0. The van der Waals surface area contributed by atoms with Crippen molar-refractivity contribution in [1.29, 1.82) is 0 Å². The summed E-state index contributed by atoms with van der Waals surface area (Å²) in [5, 5.41) is 22.5. The molecule has 3 aromatic carbocycles. The minimum atomic E-state index is -1.01. The third-order valence-corrected chi connectivity index (χ3v) is 6.06. The lowest BCUT2D eigenvalue weighted by atomic mass is 9.94. The summed E-state index contributed by atoms with van der Waals surface area (Å²) < 4.78 is 5.26. The summed E-state index contributed by atoms with van der Waals surface area (Å²) in [4.78, 5) is 50.9. The fourth-order valence-corrected chi connectivity index (χ4v) is 4.26. The number of ether oxygens (including phenoxy) is 1. The molecule has 4 rings (SSSR count). The lowest BCUT2D eigenvalue weighted by Crippen LogP contribution is -2.29. The molecular formula is C29H26N2O7. The van der Waals surface area contributed by atoms with E-state index < -0.39 is 34.4 Å². The first kappa shape index (κ1) is 26.3. The molecule has 9 heteroatoms. The van der Waals surface area contributed by atoms with Crippen LogP contribution >= 0.6 is 0 Å². The standard InChI is InChI=1S/C29H26N2O7/c1-17(2)16-38-29(35)19-10-12-22(13-11-19)30-25(20-7-4-6-18(3)14-20)24(27(33)28(30)34)26(32)21-8-5-9-23(15-21)31(36)37/h4-15,17,25,32H,16H2,1-3H3/b26-24-. The van der Waals surface area contributed by atoms with Crippen LogP contribution in [0.5, 0.6) is 0 Å². The van der Waals surface area contributed by atoms with Gasteiger partial charge < -0.3 is 9.84 Å². The first-order valence-electron chi connectivity index (χ1n) is 12.0. The van der Waals surface area contributed by atoms with Crippen molar-refractivity contribution in [3.63, 3.8) is 0 Å². The Bertz CT molecular complexity index is 1460. The summed E-state index contributed by atoms with van der Waals surface area (Å²) in [6, 6.07) is 17.5. The molecule has 0 aliphatic carbocycles. The third kappa shape index (κ3) is 5.17. The molecule has 0 spiro atoms. The first-order chi connectivity index (χ1) is 18.1. The van der Waals surface area contributed by atoms with Crippen LogP contribution in [0.1, 0.15) is 46.9 Å². The number of non-ortho nitro benzene ring substituents is 1. The number of aliphatic hydroxyl groups excluding tert-OH is 1. The average Bonchev–Trinajstić information content (AvgIpc) is 3.17. The molecule has 0 saturated carbocycles. The van der Waals surface area contributed by atoms with Gasteiger partial charge in [0.25, 0.3) is 17.4 Å². The monoisotopic (exact) mass is 514 g/mol. The van der Waals surface area contributed by atoms with E-state index in [2.05, 4.69) is 0 Å². The van der Waals surface area contributed by atoms with Crippen molar-refractivity contribution in [3.05, 3.63) is 111 Å². The average molecular weight is 515 g/mol. The van der Waals surface area contributed by atoms with Gasteiger partial charge in [0.1, 0.15) is 5.76 Å². The van der Waals surface area contributed by atoms with Gasteiger partial charge in [0, 0.05) is 23.4 Å². The molecule has 194 valence electrons. The van der Waals surface area contributed by atoms with E-state index in [9.17, 15) is 29.6 Å². The maximum atomic E-state index is 13.3. The maximum Gasteiger partial charge on any atom is 0.338 e. The second kappa shape index (κ2) is 10.7. The number of anilines is 1. The summed E-state index contributed by atoms with van der Waals surface area (Å²) in [5.74, 6) is -2.66. The van der Waals surface area contributed by atoms with Crippen molar-refractivity contribution >= 4 is 34.8 Å². The van der Waals surface area contributed by atoms with Crippen LogP contribution in [0.15, 0.2) is 78.4 Å². The number of hydrogen-bond acceptors (Lipinski definition) is 7. The van der Waals surface area contributed by atoms with Crippen molar-refractivity contribution in [2.24, 2.45) is 5.92 Å². The van der Waals surface area contributed by atoms with Gasteiger partial charge in [0.05, 0.1) is 28.7 Å². The normalized spacial score (nSPS) is 16.6. The van der Waals surface area contributed by atoms with Crippen LogP contribution in [-0.4, -0.2) is 34.3 Å². The van der Waals surface area contributed by atoms with E-state index in [1.807, 2.05) is 26.8 Å². The van der Waals surface area contributed by atoms with E-state index in [0.29, 0.717) is 11.3 Å². The van der Waals surface area contributed by atoms with Crippen LogP contribution in [0, 0.1) is 23.0 Å². The van der Waals surface area contributed by atoms with Gasteiger partial charge in [-0.15, -0.1) is 0 Å². The number of amides is 1. The van der Waals surface area contributed by atoms with Crippen LogP contribution in [0.3, 0.4) is 0 Å². The van der Waals surface area contributed by atoms with Gasteiger partial charge in [-0.05, 0) is 42.7 Å². The second-order valence-corrected chi connectivity index (χ2v) is 9.43. The van der Waals surface area contributed by atoms with Crippen molar-refractivity contribution < 1.29 is 29.2 Å². The first-order valence-corrected chi connectivity index (χ1v) is 12.0. The Morgan fingerprint density at radius 1 is 1.03 bits per heavy atom. The topological polar surface area (TPSA) is 127 Å². The highest BCUT2D eigenvalue weighted by Crippen LogP contribution is 2.42. The number of aliphatic hydroxyl groups is 1. The zero-order valence-corrected chi connectivity index (χ0v) is 21.1. The number of benzene rings is 3. The second-order valence-electron chi connectivity index (χ2n) is 9.43. The van der Waals surface area contributed by atoms with Gasteiger partial charge in [-0.3, -0.25) is 24.6 Å². The molecule has 1 saturated heterocycles. The summed E-state index contributed by atoms with van der Waals surface area (Å²) in [6.45, 7) is 5.96. The summed E-state index contributed by atoms with van der Waals surface area (Å²) in [5.41, 5.74) is 1.63. The lowest BCUT2D eigenvalue weighted by molar-refractivity contribution is -0.384. The fourth-order valence-electron chi connectivity index (χ4n) is 4.26. The molecular weight excluding hydrogens is 488 g/mol. The van der Waals surface area contributed by atoms with E-state index in [-0.39, 0.29) is 34.9 Å². The predicted octanol–water partition coefficient (Wildman–Crippen LogP) is 5.34. The Labute approximate surface area is 219 Å². The highest BCUT2D eigenvalue weighted by molar-refractivity contribution is 6.51. The van der Waals surface area contributed by atoms with Crippen molar-refractivity contribution in [2.45, 2.75) is 26.8 Å². The summed E-state index contributed by atoms with van der Waals surface area (Å²) >= 11 is 0. The SMILES string of the molecule is Cc1cccc(C2/C(=C(/O)c3cccc([N+](=O)[O-])c3)C(=O)C(=O)N2c2ccc(C(=O)OCC(C)C)cc2)c1. The van der Waals surface area contributed by atoms with E-state index in [0.717, 1.165) is 11.6 Å². The van der Waals surface area contributed by atoms with Crippen molar-refractivity contribution in [2.75, 3.05) is 11.5 Å². The minimum absolute atomic E-state index is 0.0399. The molecule has 3 aromatic rings. The van der Waals surface area contributed by atoms with E-state index >= 15 is 0 Å². The van der Waals surface area contributed by atoms with Gasteiger partial charge in [-0.25, -0.2) is 4.79 Å². The van der Waals surface area contributed by atoms with Crippen LogP contribution in [-0.2, 0) is 14.3 Å². The molecule has 1 unspecified atom stereocenters. The number of Topliss-reactive ketones (excluding diaryl/α,β-unsaturated/α-hetero) is 1. The van der Waals surface area contributed by atoms with Gasteiger partial charge in [-0.1, -0.05) is 55.8 Å². The minimum Gasteiger partial charge on any atom is -0.507 e. The molecule has 0 bridgehead atoms. The number of nitro benzene ring substituents is 1. The number of nitro groups is 1. The fraction of sp³-hybridized carbons (Fsp3) is 0.207. The highest BCUT2D eigenvalue weighted by atomic mass is 16.6. The molecule has 1 amide bonds. The molecule has 1 aliphatic heterocycles. The predicted molar refractivity (Wildman–Crippen MR) is 141 cm³/mol. The number of carbonyl (C=O) groups excluding carboxylic acids is 3. The Morgan fingerprint density at radius 3 is 2.34 bits per heavy atom. The Morgan fingerprint density at radius 2 is 1.71 bits per heavy atom. The Balaban J connectivity index is 1.82. The number of esters is 1. The van der Waals surface area contributed by atoms with Crippen LogP contribution in [0.25, 0.3) is 5.76 Å². The smallest absolute Gasteiger partial charge is 0.338 e. The molecule has 38 heavy (non-hydrogen) atoms. The maximum absolute atomic E-state index is 13.3. The zero-order chi connectivity index (χ0) is 27.6. The number of aryl methyl sites for hydroxylation is 1. The van der Waals surface area contributed by atoms with Gasteiger partial charge >= 0.3 is 5.97 Å². The molecule has 9 nitrogen and oxygen atoms in total. The Hall–Kier alpha value is -4.79. The molecule has 0 aromatic heterocycles. The van der Waals surface area contributed by atoms with E-state index in [4.69, 9.17) is 4.74 Å². The van der Waals surface area contributed by atoms with Crippen LogP contribution in [0.2, 0.25) is 0 Å². The van der Waals surface area contributed by atoms with Crippen molar-refractivity contribution in [1.82, 2.24) is 0 Å². The molecule has 1 heterocycles. The molecule has 0 radical (unpaired) electrons. The molecule has 1 aliphatic rings. The van der Waals surface area contributed by atoms with Crippen LogP contribution < -0.4 is 4.90 Å². The Kier molecular flexibility index (Phi) is 7.38. The van der Waals surface area contributed by atoms with Gasteiger partial charge in [0.2, 0.25) is 0 Å².